The lowest BCUT2D eigenvalue weighted by atomic mass is 10.5. The Morgan fingerprint density at radius 2 is 2.50 bits per heavy atom. The van der Waals surface area contributed by atoms with Crippen molar-refractivity contribution in [1.82, 2.24) is 0 Å². The summed E-state index contributed by atoms with van der Waals surface area (Å²) in [4.78, 5) is 0. The second-order valence-corrected chi connectivity index (χ2v) is 2.89. The number of hydrogen-bond acceptors (Lipinski definition) is 1. The largest absolute Gasteiger partial charge is 0.103 e. The van der Waals surface area contributed by atoms with Crippen molar-refractivity contribution < 1.29 is 0 Å². The van der Waals surface area contributed by atoms with Gasteiger partial charge in [-0.1, -0.05) is 16.3 Å². The summed E-state index contributed by atoms with van der Waals surface area (Å²) in [5.41, 5.74) is 0. The highest BCUT2D eigenvalue weighted by Crippen LogP contribution is 2.09. The summed E-state index contributed by atoms with van der Waals surface area (Å²) in [6.07, 6.45) is 3.00. The molecule has 0 rings (SSSR count). The van der Waals surface area contributed by atoms with E-state index >= 15 is 0 Å². The van der Waals surface area contributed by atoms with Crippen molar-refractivity contribution in [2.24, 2.45) is 0 Å². The molecule has 0 aromatic rings. The second-order valence-electron chi connectivity index (χ2n) is 0.891. The molecule has 0 aromatic carbocycles. The SMILES string of the molecule is C=CCCSBr. The van der Waals surface area contributed by atoms with Crippen LogP contribution in [0.2, 0.25) is 0 Å². The minimum absolute atomic E-state index is 1.09. The van der Waals surface area contributed by atoms with Gasteiger partial charge in [-0.05, 0) is 21.2 Å². The van der Waals surface area contributed by atoms with Crippen molar-refractivity contribution in [3.63, 3.8) is 0 Å². The highest BCUT2D eigenvalue weighted by molar-refractivity contribution is 9.50. The summed E-state index contributed by atoms with van der Waals surface area (Å²) in [7, 11) is 1.67. The van der Waals surface area contributed by atoms with Crippen LogP contribution in [-0.2, 0) is 0 Å². The molecule has 36 valence electrons. The van der Waals surface area contributed by atoms with E-state index in [-0.39, 0.29) is 0 Å². The molecule has 6 heavy (non-hydrogen) atoms. The molecule has 0 unspecified atom stereocenters. The van der Waals surface area contributed by atoms with Gasteiger partial charge in [-0.15, -0.1) is 6.58 Å². The first kappa shape index (κ1) is 6.57. The highest BCUT2D eigenvalue weighted by Gasteiger charge is 1.73. The molecule has 2 heteroatoms. The number of allylic oxidation sites excluding steroid dienone is 1. The van der Waals surface area contributed by atoms with Gasteiger partial charge in [0.2, 0.25) is 0 Å². The molecule has 0 aromatic heterocycles. The average molecular weight is 167 g/mol. The monoisotopic (exact) mass is 166 g/mol. The molecule has 0 saturated heterocycles. The maximum Gasteiger partial charge on any atom is 0.00770 e. The summed E-state index contributed by atoms with van der Waals surface area (Å²) in [6, 6.07) is 0. The van der Waals surface area contributed by atoms with E-state index < -0.39 is 0 Å². The van der Waals surface area contributed by atoms with Crippen LogP contribution in [0.4, 0.5) is 0 Å². The van der Waals surface area contributed by atoms with Gasteiger partial charge in [-0.2, -0.15) is 0 Å². The van der Waals surface area contributed by atoms with Crippen molar-refractivity contribution in [3.8, 4) is 0 Å². The van der Waals surface area contributed by atoms with E-state index in [0.717, 1.165) is 12.2 Å². The zero-order chi connectivity index (χ0) is 4.83. The molecule has 0 heterocycles. The Morgan fingerprint density at radius 3 is 2.67 bits per heavy atom. The van der Waals surface area contributed by atoms with Crippen LogP contribution in [0.5, 0.6) is 0 Å². The summed E-state index contributed by atoms with van der Waals surface area (Å²) in [6.45, 7) is 3.56. The summed E-state index contributed by atoms with van der Waals surface area (Å²) >= 11 is 3.22. The smallest absolute Gasteiger partial charge is 0.00770 e. The Morgan fingerprint density at radius 1 is 1.83 bits per heavy atom. The first-order valence-electron chi connectivity index (χ1n) is 1.76. The molecule has 0 bridgehead atoms. The first-order valence-corrected chi connectivity index (χ1v) is 4.59. The molecule has 0 aliphatic heterocycles. The molecule has 0 saturated carbocycles. The topological polar surface area (TPSA) is 0 Å². The van der Waals surface area contributed by atoms with E-state index in [9.17, 15) is 0 Å². The molecule has 0 aliphatic rings. The number of halogens is 1. The predicted molar refractivity (Wildman–Crippen MR) is 36.2 cm³/mol. The van der Waals surface area contributed by atoms with Crippen molar-refractivity contribution in [3.05, 3.63) is 12.7 Å². The first-order chi connectivity index (χ1) is 2.91. The summed E-state index contributed by atoms with van der Waals surface area (Å²) < 4.78 is 0. The fourth-order valence-corrected chi connectivity index (χ4v) is 0.944. The van der Waals surface area contributed by atoms with Gasteiger partial charge in [-0.3, -0.25) is 0 Å². The third kappa shape index (κ3) is 4.57. The van der Waals surface area contributed by atoms with Gasteiger partial charge >= 0.3 is 0 Å². The van der Waals surface area contributed by atoms with Gasteiger partial charge in [-0.25, -0.2) is 0 Å². The van der Waals surface area contributed by atoms with E-state index in [2.05, 4.69) is 21.4 Å². The zero-order valence-corrected chi connectivity index (χ0v) is 5.89. The Balaban J connectivity index is 2.49. The zero-order valence-electron chi connectivity index (χ0n) is 3.48. The lowest BCUT2D eigenvalue weighted by Crippen LogP contribution is -1.63. The molecule has 0 nitrogen and oxygen atoms in total. The minimum atomic E-state index is 1.09. The van der Waals surface area contributed by atoms with Crippen LogP contribution >= 0.6 is 25.0 Å². The van der Waals surface area contributed by atoms with E-state index in [0.29, 0.717) is 0 Å². The van der Waals surface area contributed by atoms with Gasteiger partial charge < -0.3 is 0 Å². The van der Waals surface area contributed by atoms with Crippen LogP contribution in [-0.4, -0.2) is 5.75 Å². The van der Waals surface area contributed by atoms with Gasteiger partial charge in [0.1, 0.15) is 0 Å². The van der Waals surface area contributed by atoms with E-state index in [1.54, 1.807) is 10.2 Å². The Kier molecular flexibility index (Phi) is 6.10. The second kappa shape index (κ2) is 5.57. The van der Waals surface area contributed by atoms with Crippen LogP contribution in [0.15, 0.2) is 12.7 Å². The highest BCUT2D eigenvalue weighted by atomic mass is 79.9. The van der Waals surface area contributed by atoms with Crippen molar-refractivity contribution in [2.45, 2.75) is 6.42 Å². The fraction of sp³-hybridized carbons (Fsp3) is 0.500. The average Bonchev–Trinajstić information content (AvgIpc) is 1.61. The molecule has 0 spiro atoms. The standard InChI is InChI=1S/C4H7BrS/c1-2-3-4-6-5/h2H,1,3-4H2. The lowest BCUT2D eigenvalue weighted by Gasteiger charge is -1.80. The minimum Gasteiger partial charge on any atom is -0.103 e. The molecule has 0 radical (unpaired) electrons. The lowest BCUT2D eigenvalue weighted by molar-refractivity contribution is 1.26. The predicted octanol–water partition coefficient (Wildman–Crippen LogP) is 2.61. The van der Waals surface area contributed by atoms with E-state index in [1.807, 2.05) is 6.08 Å². The van der Waals surface area contributed by atoms with Crippen LogP contribution in [0, 0.1) is 0 Å². The quantitative estimate of drug-likeness (QED) is 0.459. The van der Waals surface area contributed by atoms with Crippen molar-refractivity contribution >= 4 is 25.0 Å². The van der Waals surface area contributed by atoms with Crippen LogP contribution in [0.25, 0.3) is 0 Å². The number of hydrogen-bond donors (Lipinski definition) is 0. The number of rotatable bonds is 3. The van der Waals surface area contributed by atoms with Gasteiger partial charge in [0, 0.05) is 5.75 Å². The van der Waals surface area contributed by atoms with Gasteiger partial charge in [0.05, 0.1) is 0 Å². The Bertz CT molecular complexity index is 36.5. The summed E-state index contributed by atoms with van der Waals surface area (Å²) in [5.74, 6) is 1.13. The molecule has 0 atom stereocenters. The van der Waals surface area contributed by atoms with E-state index in [1.165, 1.54) is 0 Å². The van der Waals surface area contributed by atoms with Gasteiger partial charge in [0.15, 0.2) is 0 Å². The molecular formula is C4H7BrS. The van der Waals surface area contributed by atoms with Crippen molar-refractivity contribution in [2.75, 3.05) is 5.75 Å². The Labute approximate surface area is 50.2 Å². The van der Waals surface area contributed by atoms with E-state index in [4.69, 9.17) is 0 Å². The van der Waals surface area contributed by atoms with Crippen molar-refractivity contribution in [1.29, 1.82) is 0 Å². The third-order valence-electron chi connectivity index (χ3n) is 0.399. The molecule has 0 fully saturated rings. The molecule has 0 N–H and O–H groups in total. The molecule has 0 amide bonds. The molecular weight excluding hydrogens is 160 g/mol. The third-order valence-corrected chi connectivity index (χ3v) is 1.76. The van der Waals surface area contributed by atoms with Crippen LogP contribution in [0.1, 0.15) is 6.42 Å². The van der Waals surface area contributed by atoms with Crippen LogP contribution in [0.3, 0.4) is 0 Å². The summed E-state index contributed by atoms with van der Waals surface area (Å²) in [5, 5.41) is 0. The maximum atomic E-state index is 3.56. The van der Waals surface area contributed by atoms with Gasteiger partial charge in [0.25, 0.3) is 0 Å². The Hall–Kier alpha value is 0.570. The fourth-order valence-electron chi connectivity index (χ4n) is 0.128. The maximum absolute atomic E-state index is 3.56. The molecule has 0 aliphatic carbocycles. The normalized spacial score (nSPS) is 8.17. The van der Waals surface area contributed by atoms with Crippen LogP contribution < -0.4 is 0 Å².